The highest BCUT2D eigenvalue weighted by Crippen LogP contribution is 2.32. The van der Waals surface area contributed by atoms with Gasteiger partial charge in [-0.1, -0.05) is 39.0 Å². The quantitative estimate of drug-likeness (QED) is 0.739. The number of carboxylic acid groups (broad SMARTS) is 1. The van der Waals surface area contributed by atoms with E-state index in [0.717, 1.165) is 25.0 Å². The van der Waals surface area contributed by atoms with Gasteiger partial charge in [-0.05, 0) is 37.3 Å². The Morgan fingerprint density at radius 2 is 1.91 bits per heavy atom. The van der Waals surface area contributed by atoms with Crippen LogP contribution < -0.4 is 0 Å². The Balaban J connectivity index is 0.000000593. The molecule has 1 heterocycles. The van der Waals surface area contributed by atoms with Crippen molar-refractivity contribution in [2.75, 3.05) is 6.61 Å². The zero-order valence-electron chi connectivity index (χ0n) is 14.6. The number of aromatic amines is 1. The van der Waals surface area contributed by atoms with Crippen molar-refractivity contribution in [3.8, 4) is 0 Å². The molecule has 0 amide bonds. The predicted molar refractivity (Wildman–Crippen MR) is 95.1 cm³/mol. The summed E-state index contributed by atoms with van der Waals surface area (Å²) in [5.74, 6) is -0.671. The molecule has 2 rings (SSSR count). The van der Waals surface area contributed by atoms with Crippen LogP contribution in [0.5, 0.6) is 0 Å². The van der Waals surface area contributed by atoms with Crippen LogP contribution in [0.4, 0.5) is 0 Å². The van der Waals surface area contributed by atoms with Crippen LogP contribution >= 0.6 is 0 Å². The molecular weight excluding hydrogens is 290 g/mol. The molecule has 3 N–H and O–H groups in total. The van der Waals surface area contributed by atoms with E-state index in [4.69, 9.17) is 10.2 Å². The SMILES string of the molecule is CCCO.CCc1cccc2c(C)c(C(CC)CC(=O)O)[nH]c12. The van der Waals surface area contributed by atoms with Crippen LogP contribution in [-0.4, -0.2) is 27.8 Å². The van der Waals surface area contributed by atoms with Crippen LogP contribution in [0.2, 0.25) is 0 Å². The van der Waals surface area contributed by atoms with Gasteiger partial charge in [-0.2, -0.15) is 0 Å². The van der Waals surface area contributed by atoms with E-state index >= 15 is 0 Å². The topological polar surface area (TPSA) is 73.3 Å². The van der Waals surface area contributed by atoms with Crippen molar-refractivity contribution < 1.29 is 15.0 Å². The molecule has 1 aromatic carbocycles. The normalized spacial score (nSPS) is 11.9. The number of H-pyrrole nitrogens is 1. The number of aryl methyl sites for hydroxylation is 2. The van der Waals surface area contributed by atoms with Crippen LogP contribution in [0.15, 0.2) is 18.2 Å². The second kappa shape index (κ2) is 9.36. The van der Waals surface area contributed by atoms with Crippen molar-refractivity contribution in [3.05, 3.63) is 35.0 Å². The first-order valence-electron chi connectivity index (χ1n) is 8.42. The van der Waals surface area contributed by atoms with E-state index < -0.39 is 5.97 Å². The Kier molecular flexibility index (Phi) is 7.83. The summed E-state index contributed by atoms with van der Waals surface area (Å²) in [6.07, 6.45) is 2.87. The molecule has 0 aliphatic heterocycles. The summed E-state index contributed by atoms with van der Waals surface area (Å²) >= 11 is 0. The van der Waals surface area contributed by atoms with Crippen LogP contribution in [-0.2, 0) is 11.2 Å². The zero-order valence-corrected chi connectivity index (χ0v) is 14.6. The number of hydrogen-bond donors (Lipinski definition) is 3. The fourth-order valence-electron chi connectivity index (χ4n) is 2.80. The van der Waals surface area contributed by atoms with E-state index in [1.165, 1.54) is 22.0 Å². The summed E-state index contributed by atoms with van der Waals surface area (Å²) < 4.78 is 0. The molecule has 0 bridgehead atoms. The maximum Gasteiger partial charge on any atom is 0.304 e. The van der Waals surface area contributed by atoms with Gasteiger partial charge in [0.2, 0.25) is 0 Å². The van der Waals surface area contributed by atoms with Gasteiger partial charge in [0.25, 0.3) is 0 Å². The minimum atomic E-state index is -0.736. The fourth-order valence-corrected chi connectivity index (χ4v) is 2.80. The van der Waals surface area contributed by atoms with Crippen molar-refractivity contribution in [1.29, 1.82) is 0 Å². The first-order valence-corrected chi connectivity index (χ1v) is 8.42. The lowest BCUT2D eigenvalue weighted by Gasteiger charge is -2.11. The van der Waals surface area contributed by atoms with Crippen molar-refractivity contribution in [2.24, 2.45) is 0 Å². The van der Waals surface area contributed by atoms with E-state index in [2.05, 4.69) is 37.0 Å². The van der Waals surface area contributed by atoms with Gasteiger partial charge in [0, 0.05) is 29.1 Å². The van der Waals surface area contributed by atoms with Crippen molar-refractivity contribution in [2.45, 2.75) is 59.3 Å². The van der Waals surface area contributed by atoms with Crippen LogP contribution in [0.25, 0.3) is 10.9 Å². The number of hydrogen-bond acceptors (Lipinski definition) is 2. The van der Waals surface area contributed by atoms with E-state index in [-0.39, 0.29) is 12.3 Å². The molecule has 4 heteroatoms. The lowest BCUT2D eigenvalue weighted by atomic mass is 9.95. The number of carboxylic acids is 1. The Labute approximate surface area is 138 Å². The standard InChI is InChI=1S/C16H21NO2.C3H8O/c1-4-11-7-6-8-13-10(3)15(17-16(11)13)12(5-2)9-14(18)19;1-2-3-4/h6-8,12,17H,4-5,9H2,1-3H3,(H,18,19);4H,2-3H2,1H3. The van der Waals surface area contributed by atoms with Gasteiger partial charge in [-0.25, -0.2) is 0 Å². The second-order valence-corrected chi connectivity index (χ2v) is 5.78. The Morgan fingerprint density at radius 3 is 2.39 bits per heavy atom. The third-order valence-electron chi connectivity index (χ3n) is 4.15. The number of carbonyl (C=O) groups is 1. The first-order chi connectivity index (χ1) is 11.0. The summed E-state index contributed by atoms with van der Waals surface area (Å²) in [7, 11) is 0. The number of aromatic nitrogens is 1. The molecule has 0 aliphatic rings. The number of fused-ring (bicyclic) bond motifs is 1. The highest BCUT2D eigenvalue weighted by molar-refractivity contribution is 5.87. The largest absolute Gasteiger partial charge is 0.481 e. The van der Waals surface area contributed by atoms with Gasteiger partial charge in [0.15, 0.2) is 0 Å². The van der Waals surface area contributed by atoms with E-state index in [1.54, 1.807) is 0 Å². The van der Waals surface area contributed by atoms with Crippen LogP contribution in [0, 0.1) is 6.92 Å². The Bertz CT molecular complexity index is 629. The average Bonchev–Trinajstić information content (AvgIpc) is 2.89. The fraction of sp³-hybridized carbons (Fsp3) is 0.526. The van der Waals surface area contributed by atoms with E-state index in [0.29, 0.717) is 6.61 Å². The lowest BCUT2D eigenvalue weighted by Crippen LogP contribution is -2.06. The molecule has 0 saturated heterocycles. The summed E-state index contributed by atoms with van der Waals surface area (Å²) in [5, 5.41) is 18.1. The molecule has 1 unspecified atom stereocenters. The molecule has 2 aromatic rings. The number of aliphatic hydroxyl groups excluding tert-OH is 1. The molecular formula is C19H29NO3. The lowest BCUT2D eigenvalue weighted by molar-refractivity contribution is -0.137. The molecule has 128 valence electrons. The maximum absolute atomic E-state index is 11.0. The third kappa shape index (κ3) is 4.83. The summed E-state index contributed by atoms with van der Waals surface area (Å²) in [5.41, 5.74) is 4.73. The first kappa shape index (κ1) is 19.2. The number of aliphatic hydroxyl groups is 1. The summed E-state index contributed by atoms with van der Waals surface area (Å²) in [4.78, 5) is 14.5. The minimum Gasteiger partial charge on any atom is -0.481 e. The second-order valence-electron chi connectivity index (χ2n) is 5.78. The van der Waals surface area contributed by atoms with Gasteiger partial charge >= 0.3 is 5.97 Å². The zero-order chi connectivity index (χ0) is 17.4. The molecule has 23 heavy (non-hydrogen) atoms. The van der Waals surface area contributed by atoms with Gasteiger partial charge in [-0.15, -0.1) is 0 Å². The highest BCUT2D eigenvalue weighted by Gasteiger charge is 2.19. The average molecular weight is 319 g/mol. The van der Waals surface area contributed by atoms with Crippen LogP contribution in [0.1, 0.15) is 62.8 Å². The predicted octanol–water partition coefficient (Wildman–Crippen LogP) is 4.40. The number of nitrogens with one attached hydrogen (secondary N) is 1. The molecule has 0 fully saturated rings. The third-order valence-corrected chi connectivity index (χ3v) is 4.15. The number of rotatable bonds is 6. The van der Waals surface area contributed by atoms with Crippen molar-refractivity contribution >= 4 is 16.9 Å². The number of aliphatic carboxylic acids is 1. The number of benzene rings is 1. The van der Waals surface area contributed by atoms with Crippen molar-refractivity contribution in [1.82, 2.24) is 4.98 Å². The molecule has 1 atom stereocenters. The van der Waals surface area contributed by atoms with Gasteiger partial charge < -0.3 is 15.2 Å². The smallest absolute Gasteiger partial charge is 0.304 e. The van der Waals surface area contributed by atoms with Gasteiger partial charge in [0.05, 0.1) is 6.42 Å². The van der Waals surface area contributed by atoms with Crippen molar-refractivity contribution in [3.63, 3.8) is 0 Å². The number of para-hydroxylation sites is 1. The van der Waals surface area contributed by atoms with E-state index in [9.17, 15) is 4.79 Å². The molecule has 0 aliphatic carbocycles. The summed E-state index contributed by atoms with van der Waals surface area (Å²) in [6.45, 7) is 8.51. The molecule has 0 saturated carbocycles. The van der Waals surface area contributed by atoms with Crippen LogP contribution in [0.3, 0.4) is 0 Å². The molecule has 0 spiro atoms. The molecule has 1 aromatic heterocycles. The molecule has 0 radical (unpaired) electrons. The van der Waals surface area contributed by atoms with Gasteiger partial charge in [0.1, 0.15) is 0 Å². The molecule has 4 nitrogen and oxygen atoms in total. The highest BCUT2D eigenvalue weighted by atomic mass is 16.4. The van der Waals surface area contributed by atoms with Gasteiger partial charge in [-0.3, -0.25) is 4.79 Å². The Hall–Kier alpha value is -1.81. The van der Waals surface area contributed by atoms with E-state index in [1.807, 2.05) is 13.8 Å². The maximum atomic E-state index is 11.0. The summed E-state index contributed by atoms with van der Waals surface area (Å²) in [6, 6.07) is 6.31. The Morgan fingerprint density at radius 1 is 1.26 bits per heavy atom. The monoisotopic (exact) mass is 319 g/mol. The minimum absolute atomic E-state index is 0.0645.